The molecule has 1 unspecified atom stereocenters. The first-order valence-electron chi connectivity index (χ1n) is 4.57. The van der Waals surface area contributed by atoms with E-state index in [9.17, 15) is 9.90 Å². The van der Waals surface area contributed by atoms with E-state index in [0.717, 1.165) is 0 Å². The molecule has 0 radical (unpaired) electrons. The summed E-state index contributed by atoms with van der Waals surface area (Å²) >= 11 is 5.89. The number of carboxylic acid groups (broad SMARTS) is 1. The summed E-state index contributed by atoms with van der Waals surface area (Å²) in [5.41, 5.74) is 1.85. The van der Waals surface area contributed by atoms with Crippen LogP contribution in [0.4, 0.5) is 0 Å². The number of hydrogen-bond acceptors (Lipinski definition) is 2. The molecule has 0 aliphatic carbocycles. The lowest BCUT2D eigenvalue weighted by Crippen LogP contribution is -2.09. The van der Waals surface area contributed by atoms with Gasteiger partial charge in [0.1, 0.15) is 5.75 Å². The van der Waals surface area contributed by atoms with Crippen LogP contribution in [0.1, 0.15) is 29.5 Å². The third-order valence-electron chi connectivity index (χ3n) is 2.55. The van der Waals surface area contributed by atoms with E-state index in [1.54, 1.807) is 26.8 Å². The van der Waals surface area contributed by atoms with Crippen LogP contribution in [0.15, 0.2) is 6.07 Å². The summed E-state index contributed by atoms with van der Waals surface area (Å²) in [6, 6.07) is 1.66. The summed E-state index contributed by atoms with van der Waals surface area (Å²) in [6.07, 6.45) is 0. The molecule has 2 N–H and O–H groups in total. The average molecular weight is 229 g/mol. The molecule has 1 rings (SSSR count). The maximum absolute atomic E-state index is 10.9. The molecule has 0 aliphatic rings. The number of halogens is 1. The first-order chi connectivity index (χ1) is 6.86. The quantitative estimate of drug-likeness (QED) is 0.818. The minimum Gasteiger partial charge on any atom is -0.506 e. The smallest absolute Gasteiger partial charge is 0.310 e. The zero-order chi connectivity index (χ0) is 11.7. The maximum atomic E-state index is 10.9. The zero-order valence-corrected chi connectivity index (χ0v) is 9.59. The van der Waals surface area contributed by atoms with E-state index in [0.29, 0.717) is 16.7 Å². The van der Waals surface area contributed by atoms with E-state index in [4.69, 9.17) is 16.7 Å². The standard InChI is InChI=1S/C11H13ClO3/c1-5-4-8(7(3)11(14)15)6(2)9(12)10(5)13/h4,7,13H,1-3H3,(H,14,15). The topological polar surface area (TPSA) is 57.5 Å². The van der Waals surface area contributed by atoms with E-state index in [1.807, 2.05) is 0 Å². The van der Waals surface area contributed by atoms with Crippen molar-refractivity contribution in [3.8, 4) is 5.75 Å². The van der Waals surface area contributed by atoms with Crippen LogP contribution in [0.3, 0.4) is 0 Å². The Bertz CT molecular complexity index is 413. The minimum atomic E-state index is -0.903. The predicted molar refractivity (Wildman–Crippen MR) is 58.6 cm³/mol. The summed E-state index contributed by atoms with van der Waals surface area (Å²) in [5, 5.41) is 18.7. The molecule has 0 saturated heterocycles. The molecule has 3 nitrogen and oxygen atoms in total. The number of carbonyl (C=O) groups is 1. The number of rotatable bonds is 2. The Morgan fingerprint density at radius 2 is 2.00 bits per heavy atom. The number of aryl methyl sites for hydroxylation is 1. The highest BCUT2D eigenvalue weighted by Crippen LogP contribution is 2.35. The van der Waals surface area contributed by atoms with E-state index in [-0.39, 0.29) is 10.8 Å². The van der Waals surface area contributed by atoms with Crippen molar-refractivity contribution in [3.63, 3.8) is 0 Å². The highest BCUT2D eigenvalue weighted by molar-refractivity contribution is 6.33. The second-order valence-electron chi connectivity index (χ2n) is 3.63. The van der Waals surface area contributed by atoms with Crippen LogP contribution in [0.5, 0.6) is 5.75 Å². The van der Waals surface area contributed by atoms with Gasteiger partial charge in [-0.25, -0.2) is 0 Å². The highest BCUT2D eigenvalue weighted by atomic mass is 35.5. The fourth-order valence-electron chi connectivity index (χ4n) is 1.47. The van der Waals surface area contributed by atoms with Crippen molar-refractivity contribution in [3.05, 3.63) is 27.8 Å². The number of phenols is 1. The summed E-state index contributed by atoms with van der Waals surface area (Å²) in [4.78, 5) is 10.9. The molecule has 0 fully saturated rings. The summed E-state index contributed by atoms with van der Waals surface area (Å²) in [7, 11) is 0. The van der Waals surface area contributed by atoms with Crippen molar-refractivity contribution >= 4 is 17.6 Å². The Hall–Kier alpha value is -1.22. The second kappa shape index (κ2) is 4.11. The van der Waals surface area contributed by atoms with Crippen LogP contribution in [-0.2, 0) is 4.79 Å². The van der Waals surface area contributed by atoms with Gasteiger partial charge in [0, 0.05) is 0 Å². The summed E-state index contributed by atoms with van der Waals surface area (Å²) in [5.74, 6) is -1.50. The normalized spacial score (nSPS) is 12.5. The van der Waals surface area contributed by atoms with Crippen LogP contribution in [0, 0.1) is 13.8 Å². The summed E-state index contributed by atoms with van der Waals surface area (Å²) in [6.45, 7) is 4.99. The largest absolute Gasteiger partial charge is 0.506 e. The van der Waals surface area contributed by atoms with Crippen molar-refractivity contribution in [1.29, 1.82) is 0 Å². The van der Waals surface area contributed by atoms with E-state index in [1.165, 1.54) is 0 Å². The van der Waals surface area contributed by atoms with E-state index < -0.39 is 11.9 Å². The molecule has 1 aromatic carbocycles. The van der Waals surface area contributed by atoms with E-state index >= 15 is 0 Å². The van der Waals surface area contributed by atoms with Gasteiger partial charge in [0.25, 0.3) is 0 Å². The van der Waals surface area contributed by atoms with Gasteiger partial charge in [0.05, 0.1) is 10.9 Å². The van der Waals surface area contributed by atoms with Crippen LogP contribution in [0.25, 0.3) is 0 Å². The first-order valence-corrected chi connectivity index (χ1v) is 4.95. The summed E-state index contributed by atoms with van der Waals surface area (Å²) < 4.78 is 0. The molecule has 82 valence electrons. The molecule has 0 heterocycles. The van der Waals surface area contributed by atoms with Crippen molar-refractivity contribution in [2.75, 3.05) is 0 Å². The lowest BCUT2D eigenvalue weighted by atomic mass is 9.94. The number of aromatic hydroxyl groups is 1. The SMILES string of the molecule is Cc1cc(C(C)C(=O)O)c(C)c(Cl)c1O. The predicted octanol–water partition coefficient (Wildman–Crippen LogP) is 2.85. The average Bonchev–Trinajstić information content (AvgIpc) is 2.19. The van der Waals surface area contributed by atoms with Gasteiger partial charge in [-0.1, -0.05) is 17.7 Å². The molecule has 0 spiro atoms. The van der Waals surface area contributed by atoms with Crippen molar-refractivity contribution in [1.82, 2.24) is 0 Å². The molecule has 0 aliphatic heterocycles. The fraction of sp³-hybridized carbons (Fsp3) is 0.364. The lowest BCUT2D eigenvalue weighted by Gasteiger charge is -2.14. The van der Waals surface area contributed by atoms with Gasteiger partial charge in [0.15, 0.2) is 0 Å². The van der Waals surface area contributed by atoms with Gasteiger partial charge in [0.2, 0.25) is 0 Å². The Morgan fingerprint density at radius 3 is 2.47 bits per heavy atom. The third kappa shape index (κ3) is 2.07. The van der Waals surface area contributed by atoms with E-state index in [2.05, 4.69) is 0 Å². The molecular weight excluding hydrogens is 216 g/mol. The van der Waals surface area contributed by atoms with Crippen LogP contribution in [0.2, 0.25) is 5.02 Å². The monoisotopic (exact) mass is 228 g/mol. The number of carboxylic acids is 1. The van der Waals surface area contributed by atoms with Crippen LogP contribution < -0.4 is 0 Å². The Labute approximate surface area is 93.3 Å². The van der Waals surface area contributed by atoms with Gasteiger partial charge < -0.3 is 10.2 Å². The molecule has 0 amide bonds. The minimum absolute atomic E-state index is 0.0236. The zero-order valence-electron chi connectivity index (χ0n) is 8.84. The van der Waals surface area contributed by atoms with Crippen molar-refractivity contribution in [2.45, 2.75) is 26.7 Å². The van der Waals surface area contributed by atoms with Gasteiger partial charge in [-0.05, 0) is 37.5 Å². The fourth-order valence-corrected chi connectivity index (χ4v) is 1.73. The highest BCUT2D eigenvalue weighted by Gasteiger charge is 2.20. The molecule has 15 heavy (non-hydrogen) atoms. The van der Waals surface area contributed by atoms with Gasteiger partial charge in [-0.2, -0.15) is 0 Å². The Morgan fingerprint density at radius 1 is 1.47 bits per heavy atom. The van der Waals surface area contributed by atoms with Gasteiger partial charge in [-0.3, -0.25) is 4.79 Å². The second-order valence-corrected chi connectivity index (χ2v) is 4.01. The molecule has 4 heteroatoms. The number of hydrogen-bond donors (Lipinski definition) is 2. The lowest BCUT2D eigenvalue weighted by molar-refractivity contribution is -0.138. The number of aliphatic carboxylic acids is 1. The number of benzene rings is 1. The van der Waals surface area contributed by atoms with Gasteiger partial charge >= 0.3 is 5.97 Å². The number of phenolic OH excluding ortho intramolecular Hbond substituents is 1. The molecule has 1 aromatic rings. The molecule has 1 atom stereocenters. The van der Waals surface area contributed by atoms with Crippen molar-refractivity contribution in [2.24, 2.45) is 0 Å². The molecule has 0 bridgehead atoms. The van der Waals surface area contributed by atoms with Crippen molar-refractivity contribution < 1.29 is 15.0 Å². The van der Waals surface area contributed by atoms with Crippen LogP contribution in [-0.4, -0.2) is 16.2 Å². The van der Waals surface area contributed by atoms with Gasteiger partial charge in [-0.15, -0.1) is 0 Å². The Kier molecular flexibility index (Phi) is 3.25. The molecular formula is C11H13ClO3. The third-order valence-corrected chi connectivity index (χ3v) is 3.02. The van der Waals surface area contributed by atoms with Crippen LogP contribution >= 0.6 is 11.6 Å². The Balaban J connectivity index is 3.38. The molecule has 0 saturated carbocycles. The maximum Gasteiger partial charge on any atom is 0.310 e. The molecule has 0 aromatic heterocycles. The first kappa shape index (κ1) is 11.9.